The SMILES string of the molecule is O=C(O)[C@@H]1CC(=O)N(CCc2cccnc2)[C@@H]1c1ccsc1. The molecular weight excluding hydrogens is 300 g/mol. The van der Waals surface area contributed by atoms with E-state index in [4.69, 9.17) is 0 Å². The fourth-order valence-corrected chi connectivity index (χ4v) is 3.62. The summed E-state index contributed by atoms with van der Waals surface area (Å²) in [5.74, 6) is -1.67. The van der Waals surface area contributed by atoms with Gasteiger partial charge < -0.3 is 10.0 Å². The number of aliphatic carboxylic acids is 1. The topological polar surface area (TPSA) is 70.5 Å². The molecule has 0 aromatic carbocycles. The molecule has 0 spiro atoms. The Hall–Kier alpha value is -2.21. The second kappa shape index (κ2) is 6.27. The van der Waals surface area contributed by atoms with Crippen molar-refractivity contribution in [1.29, 1.82) is 0 Å². The van der Waals surface area contributed by atoms with Gasteiger partial charge in [0.25, 0.3) is 0 Å². The number of aromatic nitrogens is 1. The first-order valence-electron chi connectivity index (χ1n) is 7.10. The van der Waals surface area contributed by atoms with Gasteiger partial charge in [-0.3, -0.25) is 14.6 Å². The van der Waals surface area contributed by atoms with Gasteiger partial charge in [0.05, 0.1) is 12.0 Å². The predicted octanol–water partition coefficient (Wildman–Crippen LogP) is 2.36. The molecule has 1 saturated heterocycles. The number of carboxylic acid groups (broad SMARTS) is 1. The van der Waals surface area contributed by atoms with E-state index < -0.39 is 11.9 Å². The Labute approximate surface area is 132 Å². The molecule has 6 heteroatoms. The number of carboxylic acids is 1. The number of hydrogen-bond donors (Lipinski definition) is 1. The molecule has 1 amide bonds. The van der Waals surface area contributed by atoms with Gasteiger partial charge in [-0.15, -0.1) is 0 Å². The van der Waals surface area contributed by atoms with E-state index in [0.717, 1.165) is 11.1 Å². The second-order valence-electron chi connectivity index (χ2n) is 5.35. The molecule has 0 saturated carbocycles. The van der Waals surface area contributed by atoms with Gasteiger partial charge in [-0.2, -0.15) is 11.3 Å². The molecule has 22 heavy (non-hydrogen) atoms. The van der Waals surface area contributed by atoms with Crippen molar-refractivity contribution in [2.75, 3.05) is 6.54 Å². The van der Waals surface area contributed by atoms with Crippen LogP contribution in [0.15, 0.2) is 41.4 Å². The second-order valence-corrected chi connectivity index (χ2v) is 6.13. The lowest BCUT2D eigenvalue weighted by Gasteiger charge is -2.26. The Balaban J connectivity index is 1.81. The molecule has 0 bridgehead atoms. The summed E-state index contributed by atoms with van der Waals surface area (Å²) < 4.78 is 0. The summed E-state index contributed by atoms with van der Waals surface area (Å²) in [6, 6.07) is 5.35. The zero-order valence-corrected chi connectivity index (χ0v) is 12.7. The molecule has 0 aliphatic carbocycles. The third-order valence-electron chi connectivity index (χ3n) is 4.00. The summed E-state index contributed by atoms with van der Waals surface area (Å²) in [6.07, 6.45) is 4.23. The number of rotatable bonds is 5. The van der Waals surface area contributed by atoms with E-state index in [1.54, 1.807) is 17.3 Å². The van der Waals surface area contributed by atoms with Crippen LogP contribution in [0, 0.1) is 5.92 Å². The Morgan fingerprint density at radius 3 is 2.95 bits per heavy atom. The summed E-state index contributed by atoms with van der Waals surface area (Å²) in [4.78, 5) is 29.5. The fraction of sp³-hybridized carbons (Fsp3) is 0.312. The number of nitrogens with zero attached hydrogens (tertiary/aromatic N) is 2. The predicted molar refractivity (Wildman–Crippen MR) is 82.5 cm³/mol. The van der Waals surface area contributed by atoms with Crippen molar-refractivity contribution in [2.45, 2.75) is 18.9 Å². The summed E-state index contributed by atoms with van der Waals surface area (Å²) in [5.41, 5.74) is 1.95. The minimum Gasteiger partial charge on any atom is -0.481 e. The molecular formula is C16H16N2O3S. The van der Waals surface area contributed by atoms with Crippen LogP contribution in [0.5, 0.6) is 0 Å². The van der Waals surface area contributed by atoms with Gasteiger partial charge in [0, 0.05) is 25.4 Å². The first-order valence-corrected chi connectivity index (χ1v) is 8.04. The lowest BCUT2D eigenvalue weighted by molar-refractivity contribution is -0.142. The van der Waals surface area contributed by atoms with Gasteiger partial charge in [0.15, 0.2) is 0 Å². The highest BCUT2D eigenvalue weighted by Crippen LogP contribution is 2.39. The summed E-state index contributed by atoms with van der Waals surface area (Å²) in [7, 11) is 0. The van der Waals surface area contributed by atoms with Crippen molar-refractivity contribution in [3.8, 4) is 0 Å². The molecule has 5 nitrogen and oxygen atoms in total. The van der Waals surface area contributed by atoms with Gasteiger partial charge in [0.2, 0.25) is 5.91 Å². The third-order valence-corrected chi connectivity index (χ3v) is 4.70. The molecule has 2 aromatic heterocycles. The van der Waals surface area contributed by atoms with Crippen LogP contribution in [-0.2, 0) is 16.0 Å². The smallest absolute Gasteiger partial charge is 0.309 e. The number of hydrogen-bond acceptors (Lipinski definition) is 4. The van der Waals surface area contributed by atoms with E-state index in [9.17, 15) is 14.7 Å². The molecule has 1 fully saturated rings. The molecule has 1 N–H and O–H groups in total. The Morgan fingerprint density at radius 2 is 2.32 bits per heavy atom. The van der Waals surface area contributed by atoms with Crippen molar-refractivity contribution >= 4 is 23.2 Å². The summed E-state index contributed by atoms with van der Waals surface area (Å²) >= 11 is 1.52. The fourth-order valence-electron chi connectivity index (χ4n) is 2.93. The Morgan fingerprint density at radius 1 is 1.45 bits per heavy atom. The van der Waals surface area contributed by atoms with Crippen LogP contribution in [0.3, 0.4) is 0 Å². The van der Waals surface area contributed by atoms with Crippen LogP contribution < -0.4 is 0 Å². The van der Waals surface area contributed by atoms with E-state index in [2.05, 4.69) is 4.98 Å². The molecule has 3 heterocycles. The van der Waals surface area contributed by atoms with Crippen molar-refractivity contribution in [1.82, 2.24) is 9.88 Å². The number of carbonyl (C=O) groups is 2. The van der Waals surface area contributed by atoms with Crippen LogP contribution in [-0.4, -0.2) is 33.4 Å². The highest BCUT2D eigenvalue weighted by atomic mass is 32.1. The average molecular weight is 316 g/mol. The lowest BCUT2D eigenvalue weighted by Crippen LogP contribution is -2.32. The molecule has 1 aliphatic rings. The Bertz CT molecular complexity index is 657. The first-order chi connectivity index (χ1) is 10.7. The standard InChI is InChI=1S/C16H16N2O3S/c19-14-8-13(16(20)21)15(12-4-7-22-10-12)18(14)6-3-11-2-1-5-17-9-11/h1-2,4-5,7,9-10,13,15H,3,6,8H2,(H,20,21)/t13-,15-/m1/s1. The van der Waals surface area contributed by atoms with E-state index in [0.29, 0.717) is 13.0 Å². The number of likely N-dealkylation sites (tertiary alicyclic amines) is 1. The maximum absolute atomic E-state index is 12.3. The zero-order valence-electron chi connectivity index (χ0n) is 11.9. The maximum atomic E-state index is 12.3. The highest BCUT2D eigenvalue weighted by Gasteiger charge is 2.44. The summed E-state index contributed by atoms with van der Waals surface area (Å²) in [5, 5.41) is 13.3. The van der Waals surface area contributed by atoms with E-state index >= 15 is 0 Å². The average Bonchev–Trinajstić information content (AvgIpc) is 3.13. The van der Waals surface area contributed by atoms with E-state index in [1.165, 1.54) is 11.3 Å². The summed E-state index contributed by atoms with van der Waals surface area (Å²) in [6.45, 7) is 0.509. The minimum atomic E-state index is -0.909. The van der Waals surface area contributed by atoms with E-state index in [-0.39, 0.29) is 18.4 Å². The zero-order chi connectivity index (χ0) is 15.5. The van der Waals surface area contributed by atoms with Gasteiger partial charge in [-0.25, -0.2) is 0 Å². The normalized spacial score (nSPS) is 21.3. The molecule has 0 radical (unpaired) electrons. The number of thiophene rings is 1. The van der Waals surface area contributed by atoms with Crippen LogP contribution >= 0.6 is 11.3 Å². The van der Waals surface area contributed by atoms with Crippen molar-refractivity contribution < 1.29 is 14.7 Å². The molecule has 2 atom stereocenters. The molecule has 1 aliphatic heterocycles. The van der Waals surface area contributed by atoms with Crippen molar-refractivity contribution in [2.24, 2.45) is 5.92 Å². The van der Waals surface area contributed by atoms with Gasteiger partial charge in [-0.1, -0.05) is 6.07 Å². The van der Waals surface area contributed by atoms with Gasteiger partial charge in [-0.05, 0) is 40.4 Å². The molecule has 3 rings (SSSR count). The number of amides is 1. The monoisotopic (exact) mass is 316 g/mol. The molecule has 0 unspecified atom stereocenters. The quantitative estimate of drug-likeness (QED) is 0.919. The van der Waals surface area contributed by atoms with Crippen LogP contribution in [0.1, 0.15) is 23.6 Å². The number of pyridine rings is 1. The lowest BCUT2D eigenvalue weighted by atomic mass is 9.95. The largest absolute Gasteiger partial charge is 0.481 e. The van der Waals surface area contributed by atoms with Crippen LogP contribution in [0.2, 0.25) is 0 Å². The number of carbonyl (C=O) groups excluding carboxylic acids is 1. The third kappa shape index (κ3) is 2.87. The maximum Gasteiger partial charge on any atom is 0.309 e. The van der Waals surface area contributed by atoms with Gasteiger partial charge >= 0.3 is 5.97 Å². The van der Waals surface area contributed by atoms with Gasteiger partial charge in [0.1, 0.15) is 0 Å². The minimum absolute atomic E-state index is 0.0723. The molecule has 114 valence electrons. The van der Waals surface area contributed by atoms with E-state index in [1.807, 2.05) is 29.0 Å². The Kier molecular flexibility index (Phi) is 4.20. The molecule has 2 aromatic rings. The van der Waals surface area contributed by atoms with Crippen LogP contribution in [0.4, 0.5) is 0 Å². The van der Waals surface area contributed by atoms with Crippen LogP contribution in [0.25, 0.3) is 0 Å². The highest BCUT2D eigenvalue weighted by molar-refractivity contribution is 7.08. The van der Waals surface area contributed by atoms with Crippen molar-refractivity contribution in [3.05, 3.63) is 52.5 Å². The van der Waals surface area contributed by atoms with Crippen molar-refractivity contribution in [3.63, 3.8) is 0 Å². The first kappa shape index (κ1) is 14.7.